The van der Waals surface area contributed by atoms with Crippen molar-refractivity contribution in [2.24, 2.45) is 0 Å². The summed E-state index contributed by atoms with van der Waals surface area (Å²) in [6.07, 6.45) is 5.19. The van der Waals surface area contributed by atoms with Gasteiger partial charge in [-0.25, -0.2) is 4.79 Å². The third-order valence-corrected chi connectivity index (χ3v) is 6.78. The Morgan fingerprint density at radius 2 is 1.93 bits per heavy atom. The molecule has 0 spiro atoms. The average Bonchev–Trinajstić information content (AvgIpc) is 3.36. The van der Waals surface area contributed by atoms with Crippen LogP contribution >= 0.6 is 11.3 Å². The van der Waals surface area contributed by atoms with Gasteiger partial charge in [0.2, 0.25) is 0 Å². The van der Waals surface area contributed by atoms with E-state index in [4.69, 9.17) is 0 Å². The van der Waals surface area contributed by atoms with Crippen LogP contribution in [0.2, 0.25) is 0 Å². The molecule has 2 amide bonds. The molecule has 3 aromatic rings. The monoisotopic (exact) mass is 408 g/mol. The van der Waals surface area contributed by atoms with E-state index >= 15 is 0 Å². The highest BCUT2D eigenvalue weighted by atomic mass is 32.1. The van der Waals surface area contributed by atoms with Gasteiger partial charge in [-0.2, -0.15) is 0 Å². The molecule has 0 radical (unpaired) electrons. The second-order valence-electron chi connectivity index (χ2n) is 7.62. The minimum atomic E-state index is -0.175. The molecule has 0 saturated heterocycles. The summed E-state index contributed by atoms with van der Waals surface area (Å²) in [6.45, 7) is 9.46. The molecular weight excluding hydrogens is 380 g/mol. The van der Waals surface area contributed by atoms with Crippen molar-refractivity contribution in [3.8, 4) is 5.00 Å². The zero-order valence-corrected chi connectivity index (χ0v) is 18.1. The summed E-state index contributed by atoms with van der Waals surface area (Å²) in [4.78, 5) is 16.5. The van der Waals surface area contributed by atoms with Crippen molar-refractivity contribution in [2.75, 3.05) is 18.4 Å². The molecule has 0 bridgehead atoms. The number of carbonyl (C=O) groups is 1. The van der Waals surface area contributed by atoms with E-state index < -0.39 is 0 Å². The molecule has 0 saturated carbocycles. The molecule has 2 aromatic heterocycles. The lowest BCUT2D eigenvalue weighted by Gasteiger charge is -2.26. The molecule has 5 nitrogen and oxygen atoms in total. The maximum absolute atomic E-state index is 12.6. The summed E-state index contributed by atoms with van der Waals surface area (Å²) < 4.78 is 2.17. The quantitative estimate of drug-likeness (QED) is 0.616. The lowest BCUT2D eigenvalue weighted by Crippen LogP contribution is -2.33. The summed E-state index contributed by atoms with van der Waals surface area (Å²) in [7, 11) is 0. The van der Waals surface area contributed by atoms with E-state index in [1.54, 1.807) is 0 Å². The Labute approximate surface area is 176 Å². The highest BCUT2D eigenvalue weighted by molar-refractivity contribution is 7.15. The van der Waals surface area contributed by atoms with Crippen molar-refractivity contribution in [1.29, 1.82) is 0 Å². The first-order valence-corrected chi connectivity index (χ1v) is 11.0. The van der Waals surface area contributed by atoms with Gasteiger partial charge in [-0.3, -0.25) is 4.90 Å². The first-order chi connectivity index (χ1) is 14.0. The van der Waals surface area contributed by atoms with Crippen molar-refractivity contribution >= 4 is 23.1 Å². The summed E-state index contributed by atoms with van der Waals surface area (Å²) in [6, 6.07) is 11.7. The Balaban J connectivity index is 1.58. The topological polar surface area (TPSA) is 49.3 Å². The van der Waals surface area contributed by atoms with Gasteiger partial charge < -0.3 is 15.2 Å². The zero-order valence-electron chi connectivity index (χ0n) is 17.2. The van der Waals surface area contributed by atoms with Crippen molar-refractivity contribution in [2.45, 2.75) is 39.8 Å². The highest BCUT2D eigenvalue weighted by Gasteiger charge is 2.27. The minimum Gasteiger partial charge on any atom is -0.331 e. The number of nitrogens with zero attached hydrogens (tertiary/aromatic N) is 2. The SMILES string of the molecule is CCN1CCc2c(sc(-n3cccc3)c2C(C)NC(=O)Nc2ccc(C)cc2)C1. The third-order valence-electron chi connectivity index (χ3n) is 5.53. The smallest absolute Gasteiger partial charge is 0.319 e. The molecule has 1 atom stereocenters. The molecule has 1 aliphatic rings. The van der Waals surface area contributed by atoms with Crippen LogP contribution in [0.1, 0.15) is 41.5 Å². The fourth-order valence-corrected chi connectivity index (χ4v) is 5.37. The number of aromatic nitrogens is 1. The molecule has 4 rings (SSSR count). The minimum absolute atomic E-state index is 0.0778. The van der Waals surface area contributed by atoms with Crippen LogP contribution in [-0.2, 0) is 13.0 Å². The molecule has 3 heterocycles. The Kier molecular flexibility index (Phi) is 5.74. The zero-order chi connectivity index (χ0) is 20.4. The van der Waals surface area contributed by atoms with Gasteiger partial charge in [-0.1, -0.05) is 24.6 Å². The van der Waals surface area contributed by atoms with Gasteiger partial charge in [0.25, 0.3) is 0 Å². The standard InChI is InChI=1S/C23H28N4OS/c1-4-26-14-11-19-20(15-26)29-22(27-12-5-6-13-27)21(19)17(3)24-23(28)25-18-9-7-16(2)8-10-18/h5-10,12-13,17H,4,11,14-15H2,1-3H3,(H2,24,25,28). The number of carbonyl (C=O) groups excluding carboxylic acids is 1. The van der Waals surface area contributed by atoms with Gasteiger partial charge in [0.1, 0.15) is 5.00 Å². The number of likely N-dealkylation sites (N-methyl/N-ethyl adjacent to an activating group) is 1. The van der Waals surface area contributed by atoms with Crippen molar-refractivity contribution in [1.82, 2.24) is 14.8 Å². The number of hydrogen-bond donors (Lipinski definition) is 2. The molecule has 1 aliphatic heterocycles. The van der Waals surface area contributed by atoms with Gasteiger partial charge in [0.15, 0.2) is 0 Å². The van der Waals surface area contributed by atoms with Crippen LogP contribution in [0.15, 0.2) is 48.8 Å². The number of fused-ring (bicyclic) bond motifs is 1. The van der Waals surface area contributed by atoms with Crippen LogP contribution in [-0.4, -0.2) is 28.6 Å². The Hall–Kier alpha value is -2.57. The molecular formula is C23H28N4OS. The number of thiophene rings is 1. The number of anilines is 1. The normalized spacial score (nSPS) is 15.0. The van der Waals surface area contributed by atoms with Crippen LogP contribution in [0.5, 0.6) is 0 Å². The predicted molar refractivity (Wildman–Crippen MR) is 120 cm³/mol. The molecule has 0 aliphatic carbocycles. The largest absolute Gasteiger partial charge is 0.331 e. The van der Waals surface area contributed by atoms with Crippen LogP contribution in [0.25, 0.3) is 5.00 Å². The van der Waals surface area contributed by atoms with Gasteiger partial charge in [-0.05, 0) is 56.6 Å². The van der Waals surface area contributed by atoms with E-state index in [0.717, 1.165) is 31.7 Å². The van der Waals surface area contributed by atoms with Gasteiger partial charge in [-0.15, -0.1) is 11.3 Å². The van der Waals surface area contributed by atoms with Gasteiger partial charge in [0.05, 0.1) is 6.04 Å². The summed E-state index contributed by atoms with van der Waals surface area (Å²) >= 11 is 1.85. The summed E-state index contributed by atoms with van der Waals surface area (Å²) in [5.74, 6) is 0. The van der Waals surface area contributed by atoms with Crippen LogP contribution in [0.3, 0.4) is 0 Å². The number of urea groups is 1. The molecule has 6 heteroatoms. The molecule has 152 valence electrons. The average molecular weight is 409 g/mol. The van der Waals surface area contributed by atoms with E-state index in [-0.39, 0.29) is 12.1 Å². The number of hydrogen-bond acceptors (Lipinski definition) is 3. The van der Waals surface area contributed by atoms with E-state index in [1.165, 1.54) is 26.6 Å². The van der Waals surface area contributed by atoms with E-state index in [9.17, 15) is 4.79 Å². The maximum atomic E-state index is 12.6. The fourth-order valence-electron chi connectivity index (χ4n) is 3.92. The Bertz CT molecular complexity index is 975. The van der Waals surface area contributed by atoms with Crippen LogP contribution in [0, 0.1) is 6.92 Å². The Morgan fingerprint density at radius 1 is 1.21 bits per heavy atom. The summed E-state index contributed by atoms with van der Waals surface area (Å²) in [5, 5.41) is 7.31. The first kappa shape index (κ1) is 19.7. The van der Waals surface area contributed by atoms with Crippen molar-refractivity contribution in [3.63, 3.8) is 0 Å². The fraction of sp³-hybridized carbons (Fsp3) is 0.348. The van der Waals surface area contributed by atoms with Gasteiger partial charge in [0, 0.05) is 41.6 Å². The molecule has 2 N–H and O–H groups in total. The van der Waals surface area contributed by atoms with Crippen LogP contribution < -0.4 is 10.6 Å². The molecule has 1 unspecified atom stereocenters. The molecule has 1 aromatic carbocycles. The second-order valence-corrected chi connectivity index (χ2v) is 8.70. The number of amides is 2. The van der Waals surface area contributed by atoms with Crippen LogP contribution in [0.4, 0.5) is 10.5 Å². The molecule has 0 fully saturated rings. The lowest BCUT2D eigenvalue weighted by atomic mass is 9.98. The first-order valence-electron chi connectivity index (χ1n) is 10.2. The maximum Gasteiger partial charge on any atom is 0.319 e. The van der Waals surface area contributed by atoms with E-state index in [1.807, 2.05) is 54.7 Å². The Morgan fingerprint density at radius 3 is 2.62 bits per heavy atom. The van der Waals surface area contributed by atoms with Crippen molar-refractivity contribution < 1.29 is 4.79 Å². The van der Waals surface area contributed by atoms with E-state index in [2.05, 4.69) is 46.3 Å². The number of rotatable bonds is 5. The summed E-state index contributed by atoms with van der Waals surface area (Å²) in [5.41, 5.74) is 4.63. The number of nitrogens with one attached hydrogen (secondary N) is 2. The number of benzene rings is 1. The van der Waals surface area contributed by atoms with Crippen molar-refractivity contribution in [3.05, 3.63) is 70.4 Å². The second kappa shape index (κ2) is 8.43. The molecule has 29 heavy (non-hydrogen) atoms. The lowest BCUT2D eigenvalue weighted by molar-refractivity contribution is 0.249. The van der Waals surface area contributed by atoms with E-state index in [0.29, 0.717) is 0 Å². The van der Waals surface area contributed by atoms with Gasteiger partial charge >= 0.3 is 6.03 Å². The number of aryl methyl sites for hydroxylation is 1. The highest BCUT2D eigenvalue weighted by Crippen LogP contribution is 2.39. The third kappa shape index (κ3) is 4.23. The predicted octanol–water partition coefficient (Wildman–Crippen LogP) is 5.11.